The molecule has 0 fully saturated rings. The Morgan fingerprint density at radius 1 is 0.815 bits per heavy atom. The SMILES string of the molecule is CCOC(=O)C(COC(=O)Cc1cc(C(=O)N(C)C)c(NC(=O)c2ccccc2-c2ccc(C(F)(F)F)cc2)cc1F)(C(=O)OCC)C1C=CC=CC1C. The van der Waals surface area contributed by atoms with Gasteiger partial charge in [-0.3, -0.25) is 24.0 Å². The lowest BCUT2D eigenvalue weighted by Gasteiger charge is -2.37. The molecule has 0 aromatic heterocycles. The number of alkyl halides is 3. The number of amides is 2. The quantitative estimate of drug-likeness (QED) is 0.0853. The number of allylic oxidation sites excluding steroid dienone is 4. The number of benzene rings is 3. The number of anilines is 1. The average molecular weight is 753 g/mol. The van der Waals surface area contributed by atoms with Crippen LogP contribution in [-0.4, -0.2) is 68.5 Å². The van der Waals surface area contributed by atoms with E-state index in [2.05, 4.69) is 5.32 Å². The maximum absolute atomic E-state index is 15.7. The van der Waals surface area contributed by atoms with Crippen molar-refractivity contribution in [2.75, 3.05) is 39.2 Å². The molecule has 2 atom stereocenters. The van der Waals surface area contributed by atoms with Gasteiger partial charge in [-0.15, -0.1) is 0 Å². The second-order valence-electron chi connectivity index (χ2n) is 12.7. The highest BCUT2D eigenvalue weighted by Crippen LogP contribution is 2.40. The Kier molecular flexibility index (Phi) is 13.2. The highest BCUT2D eigenvalue weighted by atomic mass is 19.4. The second-order valence-corrected chi connectivity index (χ2v) is 12.7. The van der Waals surface area contributed by atoms with Crippen LogP contribution in [0.2, 0.25) is 0 Å². The van der Waals surface area contributed by atoms with E-state index in [1.54, 1.807) is 51.1 Å². The molecule has 1 aliphatic rings. The van der Waals surface area contributed by atoms with Crippen LogP contribution in [0.3, 0.4) is 0 Å². The number of rotatable bonds is 13. The molecule has 4 rings (SSSR count). The van der Waals surface area contributed by atoms with E-state index in [0.717, 1.165) is 24.3 Å². The average Bonchev–Trinajstić information content (AvgIpc) is 3.13. The molecule has 14 heteroatoms. The minimum atomic E-state index is -4.56. The van der Waals surface area contributed by atoms with Crippen molar-refractivity contribution < 1.29 is 55.7 Å². The van der Waals surface area contributed by atoms with E-state index in [4.69, 9.17) is 14.2 Å². The first-order valence-corrected chi connectivity index (χ1v) is 17.0. The summed E-state index contributed by atoms with van der Waals surface area (Å²) in [6.07, 6.45) is 1.49. The molecule has 0 saturated heterocycles. The summed E-state index contributed by atoms with van der Waals surface area (Å²) in [6, 6.07) is 12.2. The van der Waals surface area contributed by atoms with Gasteiger partial charge in [0, 0.05) is 25.6 Å². The summed E-state index contributed by atoms with van der Waals surface area (Å²) in [6.45, 7) is 3.94. The Bertz CT molecular complexity index is 1940. The lowest BCUT2D eigenvalue weighted by molar-refractivity contribution is -0.183. The van der Waals surface area contributed by atoms with Crippen LogP contribution in [-0.2, 0) is 41.2 Å². The smallest absolute Gasteiger partial charge is 0.416 e. The summed E-state index contributed by atoms with van der Waals surface area (Å²) in [5.41, 5.74) is -3.07. The fourth-order valence-electron chi connectivity index (χ4n) is 6.06. The topological polar surface area (TPSA) is 128 Å². The largest absolute Gasteiger partial charge is 0.465 e. The predicted octanol–water partition coefficient (Wildman–Crippen LogP) is 7.04. The first kappa shape index (κ1) is 41.0. The summed E-state index contributed by atoms with van der Waals surface area (Å²) >= 11 is 0. The van der Waals surface area contributed by atoms with Crippen LogP contribution in [0, 0.1) is 23.1 Å². The standard InChI is InChI=1S/C40H40F4N2O8/c1-6-52-37(50)39(38(51)53-7-2,31-15-11-8-12-24(31)3)23-54-34(47)21-26-20-30(36(49)46(4)5)33(22-32(26)41)45-35(48)29-14-10-9-13-28(29)25-16-18-27(19-17-25)40(42,43)44/h8-20,22,24,31H,6-7,21,23H2,1-5H3,(H,45,48). The van der Waals surface area contributed by atoms with Crippen LogP contribution in [0.4, 0.5) is 23.2 Å². The molecule has 0 heterocycles. The number of nitrogens with one attached hydrogen (secondary N) is 1. The number of carbonyl (C=O) groups is 5. The van der Waals surface area contributed by atoms with E-state index >= 15 is 4.39 Å². The van der Waals surface area contributed by atoms with Crippen molar-refractivity contribution in [3.63, 3.8) is 0 Å². The van der Waals surface area contributed by atoms with Gasteiger partial charge in [0.2, 0.25) is 5.41 Å². The Morgan fingerprint density at radius 3 is 2.00 bits per heavy atom. The highest BCUT2D eigenvalue weighted by Gasteiger charge is 2.57. The van der Waals surface area contributed by atoms with E-state index in [9.17, 15) is 37.1 Å². The molecule has 3 aromatic rings. The summed E-state index contributed by atoms with van der Waals surface area (Å²) in [7, 11) is 2.84. The number of hydrogen-bond acceptors (Lipinski definition) is 8. The van der Waals surface area contributed by atoms with Crippen molar-refractivity contribution in [3.8, 4) is 11.1 Å². The number of ether oxygens (including phenoxy) is 3. The van der Waals surface area contributed by atoms with Crippen LogP contribution in [0.15, 0.2) is 85.0 Å². The number of hydrogen-bond donors (Lipinski definition) is 1. The van der Waals surface area contributed by atoms with Crippen LogP contribution in [0.5, 0.6) is 0 Å². The monoisotopic (exact) mass is 752 g/mol. The van der Waals surface area contributed by atoms with Crippen molar-refractivity contribution in [3.05, 3.63) is 113 Å². The van der Waals surface area contributed by atoms with E-state index in [-0.39, 0.29) is 47.1 Å². The first-order chi connectivity index (χ1) is 25.5. The highest BCUT2D eigenvalue weighted by molar-refractivity contribution is 6.12. The summed E-state index contributed by atoms with van der Waals surface area (Å²) < 4.78 is 71.2. The van der Waals surface area contributed by atoms with Gasteiger partial charge in [0.15, 0.2) is 0 Å². The molecule has 54 heavy (non-hydrogen) atoms. The molecule has 1 N–H and O–H groups in total. The second kappa shape index (κ2) is 17.4. The fraction of sp³-hybridized carbons (Fsp3) is 0.325. The van der Waals surface area contributed by atoms with Crippen molar-refractivity contribution in [2.24, 2.45) is 17.3 Å². The number of carbonyl (C=O) groups excluding carboxylic acids is 5. The summed E-state index contributed by atoms with van der Waals surface area (Å²) in [5, 5.41) is 2.53. The predicted molar refractivity (Wildman–Crippen MR) is 191 cm³/mol. The number of nitrogens with zero attached hydrogens (tertiary/aromatic N) is 1. The van der Waals surface area contributed by atoms with E-state index in [1.165, 1.54) is 49.3 Å². The molecule has 2 amide bonds. The minimum absolute atomic E-state index is 0.0258. The van der Waals surface area contributed by atoms with Crippen LogP contribution in [0.1, 0.15) is 52.6 Å². The van der Waals surface area contributed by atoms with E-state index in [1.807, 2.05) is 0 Å². The molecule has 2 unspecified atom stereocenters. The third-order valence-electron chi connectivity index (χ3n) is 8.82. The minimum Gasteiger partial charge on any atom is -0.465 e. The normalized spacial score (nSPS) is 15.3. The molecule has 286 valence electrons. The Balaban J connectivity index is 1.64. The maximum atomic E-state index is 15.7. The Hall–Kier alpha value is -5.79. The number of esters is 3. The zero-order chi connectivity index (χ0) is 39.8. The molecule has 0 spiro atoms. The molecule has 3 aromatic carbocycles. The first-order valence-electron chi connectivity index (χ1n) is 17.0. The van der Waals surface area contributed by atoms with Crippen molar-refractivity contribution in [1.82, 2.24) is 4.90 Å². The zero-order valence-electron chi connectivity index (χ0n) is 30.3. The van der Waals surface area contributed by atoms with Crippen LogP contribution < -0.4 is 5.32 Å². The maximum Gasteiger partial charge on any atom is 0.416 e. The van der Waals surface area contributed by atoms with Gasteiger partial charge >= 0.3 is 24.1 Å². The lowest BCUT2D eigenvalue weighted by atomic mass is 9.68. The van der Waals surface area contributed by atoms with Gasteiger partial charge in [-0.1, -0.05) is 61.6 Å². The molecule has 1 aliphatic carbocycles. The molecule has 10 nitrogen and oxygen atoms in total. The fourth-order valence-corrected chi connectivity index (χ4v) is 6.06. The van der Waals surface area contributed by atoms with Gasteiger partial charge in [-0.25, -0.2) is 4.39 Å². The van der Waals surface area contributed by atoms with Gasteiger partial charge in [-0.05, 0) is 66.8 Å². The summed E-state index contributed by atoms with van der Waals surface area (Å²) in [4.78, 5) is 68.3. The van der Waals surface area contributed by atoms with Crippen molar-refractivity contribution >= 4 is 35.4 Å². The molecule has 0 aliphatic heterocycles. The third-order valence-corrected chi connectivity index (χ3v) is 8.82. The van der Waals surface area contributed by atoms with Gasteiger partial charge in [0.05, 0.1) is 36.4 Å². The lowest BCUT2D eigenvalue weighted by Crippen LogP contribution is -2.53. The Morgan fingerprint density at radius 2 is 1.43 bits per heavy atom. The van der Waals surface area contributed by atoms with E-state index in [0.29, 0.717) is 5.56 Å². The number of halogens is 4. The van der Waals surface area contributed by atoms with Gasteiger partial charge in [0.25, 0.3) is 11.8 Å². The van der Waals surface area contributed by atoms with Crippen LogP contribution in [0.25, 0.3) is 11.1 Å². The molecular weight excluding hydrogens is 712 g/mol. The molecule has 0 saturated carbocycles. The zero-order valence-corrected chi connectivity index (χ0v) is 30.3. The van der Waals surface area contributed by atoms with Crippen molar-refractivity contribution in [1.29, 1.82) is 0 Å². The Labute approximate surface area is 309 Å². The van der Waals surface area contributed by atoms with Gasteiger partial charge < -0.3 is 24.4 Å². The van der Waals surface area contributed by atoms with Gasteiger partial charge in [0.1, 0.15) is 12.4 Å². The van der Waals surface area contributed by atoms with E-state index < -0.39 is 71.6 Å². The molecular formula is C40H40F4N2O8. The molecule has 0 bridgehead atoms. The van der Waals surface area contributed by atoms with Crippen molar-refractivity contribution in [2.45, 2.75) is 33.4 Å². The third kappa shape index (κ3) is 9.04. The summed E-state index contributed by atoms with van der Waals surface area (Å²) in [5.74, 6) is -6.60. The van der Waals surface area contributed by atoms with Crippen LogP contribution >= 0.6 is 0 Å². The molecule has 0 radical (unpaired) electrons. The van der Waals surface area contributed by atoms with Gasteiger partial charge in [-0.2, -0.15) is 13.2 Å².